The normalized spacial score (nSPS) is 12.2. The van der Waals surface area contributed by atoms with E-state index in [9.17, 15) is 9.59 Å². The van der Waals surface area contributed by atoms with E-state index < -0.39 is 0 Å². The van der Waals surface area contributed by atoms with Gasteiger partial charge >= 0.3 is 0 Å². The number of rotatable bonds is 13. The molecule has 148 valence electrons. The Bertz CT molecular complexity index is 536. The first-order valence-electron chi connectivity index (χ1n) is 10.2. The number of nitrogens with one attached hydrogen (secondary N) is 2. The molecule has 0 saturated carbocycles. The van der Waals surface area contributed by atoms with Gasteiger partial charge in [0.1, 0.15) is 0 Å². The Morgan fingerprint density at radius 1 is 0.808 bits per heavy atom. The molecule has 1 heterocycles. The van der Waals surface area contributed by atoms with Crippen LogP contribution in [0.5, 0.6) is 0 Å². The van der Waals surface area contributed by atoms with Gasteiger partial charge in [-0.15, -0.1) is 11.3 Å². The zero-order valence-electron chi connectivity index (χ0n) is 16.9. The van der Waals surface area contributed by atoms with E-state index in [-0.39, 0.29) is 11.8 Å². The third kappa shape index (κ3) is 7.90. The van der Waals surface area contributed by atoms with Crippen LogP contribution in [0, 0.1) is 11.8 Å². The summed E-state index contributed by atoms with van der Waals surface area (Å²) in [5, 5.41) is 6.05. The first-order valence-corrected chi connectivity index (χ1v) is 11.0. The average molecular weight is 381 g/mol. The van der Waals surface area contributed by atoms with Gasteiger partial charge in [0.25, 0.3) is 11.8 Å². The van der Waals surface area contributed by atoms with Crippen molar-refractivity contribution >= 4 is 23.2 Å². The van der Waals surface area contributed by atoms with Gasteiger partial charge in [0.15, 0.2) is 0 Å². The molecule has 0 aromatic carbocycles. The van der Waals surface area contributed by atoms with Crippen molar-refractivity contribution in [2.75, 3.05) is 13.1 Å². The maximum absolute atomic E-state index is 12.4. The Hall–Kier alpha value is -1.36. The Balaban J connectivity index is 2.52. The summed E-state index contributed by atoms with van der Waals surface area (Å²) in [6.07, 6.45) is 7.90. The van der Waals surface area contributed by atoms with E-state index >= 15 is 0 Å². The molecule has 0 aliphatic heterocycles. The number of thiophene rings is 1. The van der Waals surface area contributed by atoms with Gasteiger partial charge in [-0.3, -0.25) is 9.59 Å². The van der Waals surface area contributed by atoms with Crippen LogP contribution in [-0.4, -0.2) is 24.9 Å². The lowest BCUT2D eigenvalue weighted by Gasteiger charge is -2.15. The molecule has 0 fully saturated rings. The van der Waals surface area contributed by atoms with Gasteiger partial charge in [0.05, 0.1) is 9.75 Å². The van der Waals surface area contributed by atoms with Crippen molar-refractivity contribution in [3.63, 3.8) is 0 Å². The highest BCUT2D eigenvalue weighted by Crippen LogP contribution is 2.18. The molecule has 1 atom stereocenters. The van der Waals surface area contributed by atoms with Crippen LogP contribution in [-0.2, 0) is 0 Å². The van der Waals surface area contributed by atoms with Gasteiger partial charge in [0, 0.05) is 13.1 Å². The smallest absolute Gasteiger partial charge is 0.261 e. The predicted octanol–water partition coefficient (Wildman–Crippen LogP) is 5.25. The minimum atomic E-state index is -0.0709. The van der Waals surface area contributed by atoms with Crippen molar-refractivity contribution in [2.24, 2.45) is 11.8 Å². The van der Waals surface area contributed by atoms with Crippen LogP contribution in [0.4, 0.5) is 0 Å². The lowest BCUT2D eigenvalue weighted by Crippen LogP contribution is -2.29. The number of amides is 2. The summed E-state index contributed by atoms with van der Waals surface area (Å²) in [6.45, 7) is 10.1. The molecule has 0 bridgehead atoms. The maximum atomic E-state index is 12.4. The van der Waals surface area contributed by atoms with Gasteiger partial charge in [0.2, 0.25) is 0 Å². The number of carbonyl (C=O) groups excluding carboxylic acids is 2. The molecule has 26 heavy (non-hydrogen) atoms. The van der Waals surface area contributed by atoms with Crippen LogP contribution in [0.15, 0.2) is 12.1 Å². The fourth-order valence-corrected chi connectivity index (χ4v) is 4.09. The second-order valence-electron chi connectivity index (χ2n) is 7.09. The minimum absolute atomic E-state index is 0.0660. The van der Waals surface area contributed by atoms with Crippen LogP contribution >= 0.6 is 11.3 Å². The highest BCUT2D eigenvalue weighted by Gasteiger charge is 2.16. The largest absolute Gasteiger partial charge is 0.351 e. The molecular formula is C21H36N2O2S. The monoisotopic (exact) mass is 380 g/mol. The fraction of sp³-hybridized carbons (Fsp3) is 0.714. The predicted molar refractivity (Wildman–Crippen MR) is 111 cm³/mol. The fourth-order valence-electron chi connectivity index (χ4n) is 3.25. The summed E-state index contributed by atoms with van der Waals surface area (Å²) in [7, 11) is 0. The van der Waals surface area contributed by atoms with Crippen molar-refractivity contribution in [3.8, 4) is 0 Å². The first-order chi connectivity index (χ1) is 12.5. The summed E-state index contributed by atoms with van der Waals surface area (Å²) >= 11 is 1.28. The Labute approximate surface area is 163 Å². The van der Waals surface area contributed by atoms with Crippen LogP contribution in [0.1, 0.15) is 92.0 Å². The second kappa shape index (κ2) is 12.9. The molecule has 0 aliphatic rings. The van der Waals surface area contributed by atoms with E-state index in [1.54, 1.807) is 12.1 Å². The van der Waals surface area contributed by atoms with Crippen LogP contribution in [0.3, 0.4) is 0 Å². The lowest BCUT2D eigenvalue weighted by molar-refractivity contribution is 0.0943. The number of carbonyl (C=O) groups is 2. The molecule has 1 aromatic heterocycles. The number of hydrogen-bond donors (Lipinski definition) is 2. The number of hydrogen-bond acceptors (Lipinski definition) is 3. The molecule has 1 unspecified atom stereocenters. The molecule has 0 spiro atoms. The van der Waals surface area contributed by atoms with Gasteiger partial charge in [-0.05, 0) is 43.2 Å². The van der Waals surface area contributed by atoms with E-state index in [0.29, 0.717) is 28.1 Å². The summed E-state index contributed by atoms with van der Waals surface area (Å²) < 4.78 is 0. The van der Waals surface area contributed by atoms with Crippen molar-refractivity contribution in [1.29, 1.82) is 0 Å². The first kappa shape index (κ1) is 22.7. The molecule has 1 aromatic rings. The molecule has 0 radical (unpaired) electrons. The molecule has 4 nitrogen and oxygen atoms in total. The molecule has 1 rings (SSSR count). The molecule has 2 N–H and O–H groups in total. The molecule has 2 amide bonds. The summed E-state index contributed by atoms with van der Waals surface area (Å²) in [6, 6.07) is 3.51. The lowest BCUT2D eigenvalue weighted by atomic mass is 9.98. The van der Waals surface area contributed by atoms with Crippen molar-refractivity contribution in [1.82, 2.24) is 10.6 Å². The topological polar surface area (TPSA) is 58.2 Å². The Kier molecular flexibility index (Phi) is 11.3. The van der Waals surface area contributed by atoms with Gasteiger partial charge in [-0.2, -0.15) is 0 Å². The standard InChI is InChI=1S/C21H36N2O2S/c1-5-9-16(8-4)14-22-20(24)18-12-13-19(26-18)21(25)23-15-17(10-6-2)11-7-3/h12-13,16-17H,5-11,14-15H2,1-4H3,(H,22,24)(H,23,25). The van der Waals surface area contributed by atoms with Crippen molar-refractivity contribution in [3.05, 3.63) is 21.9 Å². The Morgan fingerprint density at radius 3 is 1.65 bits per heavy atom. The van der Waals surface area contributed by atoms with Gasteiger partial charge in [-0.25, -0.2) is 0 Å². The summed E-state index contributed by atoms with van der Waals surface area (Å²) in [5.74, 6) is 0.934. The van der Waals surface area contributed by atoms with E-state index in [2.05, 4.69) is 38.3 Å². The summed E-state index contributed by atoms with van der Waals surface area (Å²) in [4.78, 5) is 25.9. The quantitative estimate of drug-likeness (QED) is 0.491. The zero-order chi connectivity index (χ0) is 19.4. The Morgan fingerprint density at radius 2 is 1.23 bits per heavy atom. The van der Waals surface area contributed by atoms with Gasteiger partial charge in [-0.1, -0.05) is 53.4 Å². The van der Waals surface area contributed by atoms with E-state index in [1.807, 2.05) is 0 Å². The van der Waals surface area contributed by atoms with Crippen LogP contribution in [0.25, 0.3) is 0 Å². The van der Waals surface area contributed by atoms with E-state index in [4.69, 9.17) is 0 Å². The van der Waals surface area contributed by atoms with Crippen LogP contribution < -0.4 is 10.6 Å². The SMILES string of the molecule is CCCC(CC)CNC(=O)c1ccc(C(=O)NCC(CCC)CCC)s1. The zero-order valence-corrected chi connectivity index (χ0v) is 17.7. The van der Waals surface area contributed by atoms with E-state index in [0.717, 1.165) is 51.5 Å². The van der Waals surface area contributed by atoms with Crippen LogP contribution in [0.2, 0.25) is 0 Å². The minimum Gasteiger partial charge on any atom is -0.351 e. The molecule has 0 aliphatic carbocycles. The van der Waals surface area contributed by atoms with Gasteiger partial charge < -0.3 is 10.6 Å². The summed E-state index contributed by atoms with van der Waals surface area (Å²) in [5.41, 5.74) is 0. The molecular weight excluding hydrogens is 344 g/mol. The molecule has 0 saturated heterocycles. The van der Waals surface area contributed by atoms with E-state index in [1.165, 1.54) is 11.3 Å². The maximum Gasteiger partial charge on any atom is 0.261 e. The highest BCUT2D eigenvalue weighted by molar-refractivity contribution is 7.15. The third-order valence-electron chi connectivity index (χ3n) is 4.82. The van der Waals surface area contributed by atoms with Crippen molar-refractivity contribution in [2.45, 2.75) is 72.6 Å². The third-order valence-corrected chi connectivity index (χ3v) is 5.91. The highest BCUT2D eigenvalue weighted by atomic mass is 32.1. The average Bonchev–Trinajstić information content (AvgIpc) is 3.13. The second-order valence-corrected chi connectivity index (χ2v) is 8.17. The van der Waals surface area contributed by atoms with Crippen molar-refractivity contribution < 1.29 is 9.59 Å². The molecule has 5 heteroatoms.